The second-order valence-corrected chi connectivity index (χ2v) is 5.95. The average molecular weight is 275 g/mol. The van der Waals surface area contributed by atoms with Crippen molar-refractivity contribution in [1.82, 2.24) is 5.32 Å². The quantitative estimate of drug-likeness (QED) is 0.867. The predicted molar refractivity (Wildman–Crippen MR) is 80.8 cm³/mol. The van der Waals surface area contributed by atoms with E-state index in [1.54, 1.807) is 7.11 Å². The molecule has 1 aromatic rings. The zero-order valence-electron chi connectivity index (χ0n) is 12.8. The van der Waals surface area contributed by atoms with E-state index in [0.29, 0.717) is 13.0 Å². The summed E-state index contributed by atoms with van der Waals surface area (Å²) in [7, 11) is 1.71. The first-order valence-corrected chi connectivity index (χ1v) is 7.43. The van der Waals surface area contributed by atoms with E-state index in [9.17, 15) is 4.79 Å². The van der Waals surface area contributed by atoms with Crippen LogP contribution in [-0.2, 0) is 16.0 Å². The summed E-state index contributed by atoms with van der Waals surface area (Å²) >= 11 is 0. The fraction of sp³-hybridized carbons (Fsp3) is 0.588. The Kier molecular flexibility index (Phi) is 4.81. The zero-order valence-corrected chi connectivity index (χ0v) is 12.8. The lowest BCUT2D eigenvalue weighted by atomic mass is 9.77. The average Bonchev–Trinajstić information content (AvgIpc) is 2.36. The topological polar surface area (TPSA) is 38.3 Å². The minimum atomic E-state index is -0.177. The Morgan fingerprint density at radius 2 is 2.10 bits per heavy atom. The van der Waals surface area contributed by atoms with Crippen LogP contribution < -0.4 is 5.32 Å². The Labute approximate surface area is 121 Å². The zero-order chi connectivity index (χ0) is 14.6. The number of nitrogens with one attached hydrogen (secondary N) is 1. The van der Waals surface area contributed by atoms with Crippen molar-refractivity contribution in [2.45, 2.75) is 51.6 Å². The number of rotatable bonds is 6. The Hall–Kier alpha value is -1.35. The van der Waals surface area contributed by atoms with Gasteiger partial charge in [0, 0.05) is 13.7 Å². The van der Waals surface area contributed by atoms with E-state index >= 15 is 0 Å². The molecule has 1 aliphatic carbocycles. The van der Waals surface area contributed by atoms with Crippen molar-refractivity contribution in [2.75, 3.05) is 13.7 Å². The Bertz CT molecular complexity index is 472. The molecule has 0 aromatic heterocycles. The normalized spacial score (nSPS) is 16.6. The number of ether oxygens (including phenoxy) is 1. The Morgan fingerprint density at radius 3 is 2.65 bits per heavy atom. The van der Waals surface area contributed by atoms with Crippen LogP contribution in [0.5, 0.6) is 0 Å². The number of carbonyl (C=O) groups is 1. The molecule has 1 N–H and O–H groups in total. The number of benzene rings is 1. The van der Waals surface area contributed by atoms with Crippen LogP contribution >= 0.6 is 0 Å². The fourth-order valence-electron chi connectivity index (χ4n) is 2.84. The number of carbonyl (C=O) groups excluding carboxylic acids is 1. The first kappa shape index (κ1) is 15.0. The second kappa shape index (κ2) is 6.40. The summed E-state index contributed by atoms with van der Waals surface area (Å²) in [6, 6.07) is 6.46. The third-order valence-corrected chi connectivity index (χ3v) is 4.40. The number of amides is 1. The van der Waals surface area contributed by atoms with E-state index in [2.05, 4.69) is 37.4 Å². The van der Waals surface area contributed by atoms with Gasteiger partial charge in [0.1, 0.15) is 0 Å². The molecule has 2 rings (SSSR count). The van der Waals surface area contributed by atoms with Crippen molar-refractivity contribution < 1.29 is 9.53 Å². The standard InChI is InChI=1S/C17H25NO2/c1-13-5-6-15(14(2)11-13)7-10-18-16(19)12-17(20-3)8-4-9-17/h5-6,11H,4,7-10,12H2,1-3H3,(H,18,19). The molecule has 0 aliphatic heterocycles. The maximum atomic E-state index is 11.9. The molecule has 0 saturated heterocycles. The van der Waals surface area contributed by atoms with E-state index in [0.717, 1.165) is 19.3 Å². The Balaban J connectivity index is 1.76. The molecular weight excluding hydrogens is 250 g/mol. The van der Waals surface area contributed by atoms with E-state index in [-0.39, 0.29) is 11.5 Å². The van der Waals surface area contributed by atoms with Gasteiger partial charge in [-0.05, 0) is 50.7 Å². The summed E-state index contributed by atoms with van der Waals surface area (Å²) in [5.41, 5.74) is 3.71. The third kappa shape index (κ3) is 3.60. The van der Waals surface area contributed by atoms with Gasteiger partial charge in [-0.15, -0.1) is 0 Å². The van der Waals surface area contributed by atoms with Crippen LogP contribution in [0, 0.1) is 13.8 Å². The smallest absolute Gasteiger partial charge is 0.222 e. The first-order chi connectivity index (χ1) is 9.54. The van der Waals surface area contributed by atoms with Crippen LogP contribution in [0.4, 0.5) is 0 Å². The SMILES string of the molecule is COC1(CC(=O)NCCc2ccc(C)cc2C)CCC1. The van der Waals surface area contributed by atoms with Crippen LogP contribution in [-0.4, -0.2) is 25.2 Å². The molecule has 1 fully saturated rings. The maximum absolute atomic E-state index is 11.9. The van der Waals surface area contributed by atoms with Crippen LogP contribution in [0.25, 0.3) is 0 Å². The lowest BCUT2D eigenvalue weighted by molar-refractivity contribution is -0.134. The van der Waals surface area contributed by atoms with Gasteiger partial charge in [0.15, 0.2) is 0 Å². The van der Waals surface area contributed by atoms with Gasteiger partial charge < -0.3 is 10.1 Å². The Morgan fingerprint density at radius 1 is 1.35 bits per heavy atom. The molecule has 1 aliphatic rings. The van der Waals surface area contributed by atoms with Gasteiger partial charge in [-0.3, -0.25) is 4.79 Å². The molecule has 0 atom stereocenters. The highest BCUT2D eigenvalue weighted by Gasteiger charge is 2.38. The number of aryl methyl sites for hydroxylation is 2. The van der Waals surface area contributed by atoms with E-state index in [4.69, 9.17) is 4.74 Å². The molecule has 0 heterocycles. The highest BCUT2D eigenvalue weighted by atomic mass is 16.5. The summed E-state index contributed by atoms with van der Waals surface area (Å²) in [6.45, 7) is 4.92. The summed E-state index contributed by atoms with van der Waals surface area (Å²) in [5.74, 6) is 0.108. The van der Waals surface area contributed by atoms with Gasteiger partial charge in [0.2, 0.25) is 5.91 Å². The van der Waals surface area contributed by atoms with E-state index < -0.39 is 0 Å². The molecule has 1 aromatic carbocycles. The van der Waals surface area contributed by atoms with Gasteiger partial charge in [0.05, 0.1) is 12.0 Å². The number of hydrogen-bond acceptors (Lipinski definition) is 2. The molecule has 0 spiro atoms. The van der Waals surface area contributed by atoms with Crippen LogP contribution in [0.3, 0.4) is 0 Å². The summed E-state index contributed by atoms with van der Waals surface area (Å²) in [6.07, 6.45) is 4.57. The van der Waals surface area contributed by atoms with Gasteiger partial charge >= 0.3 is 0 Å². The van der Waals surface area contributed by atoms with Crippen molar-refractivity contribution in [3.63, 3.8) is 0 Å². The molecule has 1 saturated carbocycles. The minimum absolute atomic E-state index is 0.108. The predicted octanol–water partition coefficient (Wildman–Crippen LogP) is 2.92. The van der Waals surface area contributed by atoms with Crippen LogP contribution in [0.1, 0.15) is 42.4 Å². The molecule has 3 heteroatoms. The molecule has 110 valence electrons. The van der Waals surface area contributed by atoms with Crippen molar-refractivity contribution >= 4 is 5.91 Å². The van der Waals surface area contributed by atoms with Crippen molar-refractivity contribution in [3.05, 3.63) is 34.9 Å². The molecule has 0 unspecified atom stereocenters. The monoisotopic (exact) mass is 275 g/mol. The van der Waals surface area contributed by atoms with Crippen molar-refractivity contribution in [3.8, 4) is 0 Å². The summed E-state index contributed by atoms with van der Waals surface area (Å²) in [4.78, 5) is 11.9. The van der Waals surface area contributed by atoms with E-state index in [1.807, 2.05) is 0 Å². The van der Waals surface area contributed by atoms with Gasteiger partial charge in [0.25, 0.3) is 0 Å². The first-order valence-electron chi connectivity index (χ1n) is 7.43. The third-order valence-electron chi connectivity index (χ3n) is 4.40. The van der Waals surface area contributed by atoms with Gasteiger partial charge in [-0.25, -0.2) is 0 Å². The molecule has 1 amide bonds. The highest BCUT2D eigenvalue weighted by molar-refractivity contribution is 5.77. The molecule has 20 heavy (non-hydrogen) atoms. The fourth-order valence-corrected chi connectivity index (χ4v) is 2.84. The van der Waals surface area contributed by atoms with Gasteiger partial charge in [-0.2, -0.15) is 0 Å². The van der Waals surface area contributed by atoms with Gasteiger partial charge in [-0.1, -0.05) is 23.8 Å². The lowest BCUT2D eigenvalue weighted by Crippen LogP contribution is -2.44. The number of methoxy groups -OCH3 is 1. The summed E-state index contributed by atoms with van der Waals surface area (Å²) in [5, 5.41) is 3.01. The van der Waals surface area contributed by atoms with E-state index in [1.165, 1.54) is 23.1 Å². The van der Waals surface area contributed by atoms with Crippen LogP contribution in [0.2, 0.25) is 0 Å². The minimum Gasteiger partial charge on any atom is -0.378 e. The van der Waals surface area contributed by atoms with Crippen LogP contribution in [0.15, 0.2) is 18.2 Å². The maximum Gasteiger partial charge on any atom is 0.222 e. The van der Waals surface area contributed by atoms with Crippen molar-refractivity contribution in [1.29, 1.82) is 0 Å². The lowest BCUT2D eigenvalue weighted by Gasteiger charge is -2.39. The molecule has 0 bridgehead atoms. The largest absolute Gasteiger partial charge is 0.378 e. The second-order valence-electron chi connectivity index (χ2n) is 5.95. The van der Waals surface area contributed by atoms with Crippen molar-refractivity contribution in [2.24, 2.45) is 0 Å². The molecule has 0 radical (unpaired) electrons. The summed E-state index contributed by atoms with van der Waals surface area (Å²) < 4.78 is 5.48. The molecule has 3 nitrogen and oxygen atoms in total. The number of hydrogen-bond donors (Lipinski definition) is 1. The highest BCUT2D eigenvalue weighted by Crippen LogP contribution is 2.37. The molecular formula is C17H25NO2.